The Hall–Kier alpha value is 0.322. The van der Waals surface area contributed by atoms with Gasteiger partial charge in [-0.25, -0.2) is 11.6 Å². The molecule has 1 aliphatic rings. The Morgan fingerprint density at radius 1 is 1.50 bits per heavy atom. The van der Waals surface area contributed by atoms with Crippen molar-refractivity contribution in [3.8, 4) is 0 Å². The molecule has 0 aromatic heterocycles. The van der Waals surface area contributed by atoms with Crippen LogP contribution in [-0.2, 0) is 0 Å². The monoisotopic (exact) mass is 391 g/mol. The van der Waals surface area contributed by atoms with Gasteiger partial charge in [0.15, 0.2) is 0 Å². The summed E-state index contributed by atoms with van der Waals surface area (Å²) in [5.41, 5.74) is 0.964. The van der Waals surface area contributed by atoms with Gasteiger partial charge in [0.25, 0.3) is 0 Å². The number of hydrogen-bond acceptors (Lipinski definition) is 2. The fourth-order valence-corrected chi connectivity index (χ4v) is 1.29. The first-order valence-corrected chi connectivity index (χ1v) is 3.75. The fraction of sp³-hybridized carbons (Fsp3) is 0.444. The predicted molar refractivity (Wildman–Crippen MR) is 43.8 cm³/mol. The zero-order valence-corrected chi connectivity index (χ0v) is 11.1. The Morgan fingerprint density at radius 2 is 2.17 bits per heavy atom. The van der Waals surface area contributed by atoms with Crippen molar-refractivity contribution in [1.82, 2.24) is 0 Å². The Balaban J connectivity index is 0.00000121. The van der Waals surface area contributed by atoms with Crippen LogP contribution in [0.15, 0.2) is 24.3 Å². The van der Waals surface area contributed by atoms with E-state index in [1.165, 1.54) is 0 Å². The van der Waals surface area contributed by atoms with Crippen LogP contribution in [0.3, 0.4) is 0 Å². The van der Waals surface area contributed by atoms with Crippen LogP contribution in [0.2, 0.25) is 0 Å². The first-order valence-electron chi connectivity index (χ1n) is 3.75. The van der Waals surface area contributed by atoms with Gasteiger partial charge in [-0.1, -0.05) is 0 Å². The van der Waals surface area contributed by atoms with Crippen molar-refractivity contribution in [2.24, 2.45) is 0 Å². The van der Waals surface area contributed by atoms with Crippen molar-refractivity contribution in [3.63, 3.8) is 0 Å². The van der Waals surface area contributed by atoms with E-state index in [1.54, 1.807) is 12.5 Å². The molecule has 0 unspecified atom stereocenters. The van der Waals surface area contributed by atoms with Gasteiger partial charge < -0.3 is 10.2 Å². The number of hydrogen-bond donors (Lipinski definition) is 2. The summed E-state index contributed by atoms with van der Waals surface area (Å²) in [6.07, 6.45) is 5.42. The largest absolute Gasteiger partial charge is 0.407 e. The summed E-state index contributed by atoms with van der Waals surface area (Å²) in [6.45, 7) is 3.55. The molecule has 66 valence electrons. The number of allylic oxidation sites excluding steroid dienone is 2. The van der Waals surface area contributed by atoms with Crippen molar-refractivity contribution >= 4 is 0 Å². The van der Waals surface area contributed by atoms with Crippen LogP contribution in [0.5, 0.6) is 0 Å². The van der Waals surface area contributed by atoms with E-state index >= 15 is 0 Å². The van der Waals surface area contributed by atoms with Crippen molar-refractivity contribution in [3.05, 3.63) is 30.7 Å². The zero-order chi connectivity index (χ0) is 8.27. The molecule has 2 N–H and O–H groups in total. The van der Waals surface area contributed by atoms with Crippen LogP contribution in [0.25, 0.3) is 0 Å². The Kier molecular flexibility index (Phi) is 6.04. The predicted octanol–water partition coefficient (Wildman–Crippen LogP) is 0.819. The summed E-state index contributed by atoms with van der Waals surface area (Å²) in [4.78, 5) is 0. The smallest absolute Gasteiger partial charge is 0.0564 e. The molecular formula is C9H13O2U-. The van der Waals surface area contributed by atoms with Gasteiger partial charge in [0.1, 0.15) is 0 Å². The molecule has 1 rings (SSSR count). The van der Waals surface area contributed by atoms with Gasteiger partial charge in [0.05, 0.1) is 6.10 Å². The minimum absolute atomic E-state index is 0. The number of rotatable bonds is 1. The van der Waals surface area contributed by atoms with Gasteiger partial charge in [-0.15, -0.1) is 6.58 Å². The number of aliphatic hydroxyl groups is 2. The van der Waals surface area contributed by atoms with Crippen LogP contribution < -0.4 is 0 Å². The van der Waals surface area contributed by atoms with Crippen LogP contribution >= 0.6 is 0 Å². The summed E-state index contributed by atoms with van der Waals surface area (Å²) in [5.74, 6) is 0. The average Bonchev–Trinajstić information content (AvgIpc) is 1.85. The van der Waals surface area contributed by atoms with Gasteiger partial charge in [0.2, 0.25) is 0 Å². The molecule has 0 saturated heterocycles. The van der Waals surface area contributed by atoms with Crippen molar-refractivity contribution in [1.29, 1.82) is 0 Å². The van der Waals surface area contributed by atoms with Crippen LogP contribution in [0, 0.1) is 37.5 Å². The molecule has 0 aliphatic heterocycles. The Labute approximate surface area is 96.7 Å². The van der Waals surface area contributed by atoms with E-state index in [-0.39, 0.29) is 31.1 Å². The maximum Gasteiger partial charge on any atom is 0.0564 e. The molecule has 0 bridgehead atoms. The summed E-state index contributed by atoms with van der Waals surface area (Å²) in [6, 6.07) is 0. The van der Waals surface area contributed by atoms with Gasteiger partial charge >= 0.3 is 0 Å². The van der Waals surface area contributed by atoms with E-state index in [4.69, 9.17) is 0 Å². The topological polar surface area (TPSA) is 40.5 Å². The molecule has 1 saturated carbocycles. The van der Waals surface area contributed by atoms with E-state index in [0.29, 0.717) is 12.8 Å². The second kappa shape index (κ2) is 5.88. The van der Waals surface area contributed by atoms with Crippen molar-refractivity contribution < 1.29 is 41.3 Å². The molecule has 0 aromatic carbocycles. The average molecular weight is 391 g/mol. The Bertz CT molecular complexity index is 165. The zero-order valence-electron chi connectivity index (χ0n) is 6.90. The molecule has 3 heteroatoms. The van der Waals surface area contributed by atoms with Crippen LogP contribution in [0.1, 0.15) is 12.8 Å². The van der Waals surface area contributed by atoms with Crippen molar-refractivity contribution in [2.75, 3.05) is 0 Å². The second-order valence-corrected chi connectivity index (χ2v) is 2.80. The van der Waals surface area contributed by atoms with Gasteiger partial charge in [0, 0.05) is 37.2 Å². The quantitative estimate of drug-likeness (QED) is 0.650. The molecule has 2 atom stereocenters. The normalized spacial score (nSPS) is 32.0. The standard InChI is InChI=1S/C9H13O2.U/c1-2-3-7-4-8(10)6-9(11)5-7;/h2-4,8-11H,1,5-6H2;/q-1;/b7-3+;/t8-,9-;/m1./s1. The van der Waals surface area contributed by atoms with Gasteiger partial charge in [-0.2, -0.15) is 12.5 Å². The molecular weight excluding hydrogens is 378 g/mol. The molecule has 1 aliphatic carbocycles. The van der Waals surface area contributed by atoms with E-state index in [0.717, 1.165) is 5.57 Å². The molecule has 0 spiro atoms. The maximum atomic E-state index is 9.22. The third-order valence-electron chi connectivity index (χ3n) is 1.72. The summed E-state index contributed by atoms with van der Waals surface area (Å²) in [5, 5.41) is 18.4. The molecule has 0 radical (unpaired) electrons. The minimum Gasteiger partial charge on any atom is -0.407 e. The molecule has 0 heterocycles. The van der Waals surface area contributed by atoms with Gasteiger partial charge in [-0.05, 0) is 12.8 Å². The van der Waals surface area contributed by atoms with Gasteiger partial charge in [-0.3, -0.25) is 0 Å². The maximum absolute atomic E-state index is 9.22. The fourth-order valence-electron chi connectivity index (χ4n) is 1.29. The number of aliphatic hydroxyl groups excluding tert-OH is 2. The Morgan fingerprint density at radius 3 is 2.67 bits per heavy atom. The van der Waals surface area contributed by atoms with E-state index in [9.17, 15) is 10.2 Å². The summed E-state index contributed by atoms with van der Waals surface area (Å²) < 4.78 is 0. The van der Waals surface area contributed by atoms with Crippen LogP contribution in [-0.4, -0.2) is 22.4 Å². The first-order chi connectivity index (χ1) is 5.22. The van der Waals surface area contributed by atoms with Crippen LogP contribution in [0.4, 0.5) is 0 Å². The SMILES string of the molecule is C=C/C=C1\[CH-][C@@H](O)C[C@H](O)C1.[U]. The third-order valence-corrected chi connectivity index (χ3v) is 1.72. The van der Waals surface area contributed by atoms with E-state index < -0.39 is 12.2 Å². The second-order valence-electron chi connectivity index (χ2n) is 2.80. The van der Waals surface area contributed by atoms with E-state index in [1.807, 2.05) is 6.08 Å². The summed E-state index contributed by atoms with van der Waals surface area (Å²) >= 11 is 0. The van der Waals surface area contributed by atoms with Crippen molar-refractivity contribution in [2.45, 2.75) is 25.0 Å². The molecule has 1 fully saturated rings. The third kappa shape index (κ3) is 3.82. The molecule has 0 aromatic rings. The summed E-state index contributed by atoms with van der Waals surface area (Å²) in [7, 11) is 0. The minimum atomic E-state index is -0.495. The molecule has 12 heavy (non-hydrogen) atoms. The molecule has 0 amide bonds. The molecule has 2 nitrogen and oxygen atoms in total. The van der Waals surface area contributed by atoms with E-state index in [2.05, 4.69) is 6.58 Å². The first kappa shape index (κ1) is 12.3.